The average molecular weight is 203 g/mol. The van der Waals surface area contributed by atoms with Gasteiger partial charge in [-0.3, -0.25) is 4.79 Å². The van der Waals surface area contributed by atoms with E-state index < -0.39 is 0 Å². The van der Waals surface area contributed by atoms with E-state index >= 15 is 0 Å². The number of unbranched alkanes of at least 4 members (excludes halogenated alkanes) is 1. The molecule has 0 spiro atoms. The molecule has 0 heterocycles. The maximum Gasteiger partial charge on any atom is 0.319 e. The lowest BCUT2D eigenvalue weighted by atomic mass is 10.3. The predicted molar refractivity (Wildman–Crippen MR) is 55.0 cm³/mol. The lowest BCUT2D eigenvalue weighted by Crippen LogP contribution is -2.27. The lowest BCUT2D eigenvalue weighted by molar-refractivity contribution is -0.142. The van der Waals surface area contributed by atoms with E-state index in [1.807, 2.05) is 0 Å². The number of nitrogens with one attached hydrogen (secondary N) is 1. The Morgan fingerprint density at radius 3 is 2.86 bits per heavy atom. The van der Waals surface area contributed by atoms with Crippen molar-refractivity contribution in [3.8, 4) is 0 Å². The molecular weight excluding hydrogens is 182 g/mol. The van der Waals surface area contributed by atoms with Crippen LogP contribution in [0, 0.1) is 0 Å². The number of carbonyl (C=O) groups excluding carboxylic acids is 1. The summed E-state index contributed by atoms with van der Waals surface area (Å²) in [5, 5.41) is 11.8. The molecule has 0 aromatic heterocycles. The van der Waals surface area contributed by atoms with Crippen molar-refractivity contribution in [1.82, 2.24) is 5.32 Å². The van der Waals surface area contributed by atoms with Crippen molar-refractivity contribution in [2.24, 2.45) is 0 Å². The van der Waals surface area contributed by atoms with Gasteiger partial charge in [-0.2, -0.15) is 0 Å². The summed E-state index contributed by atoms with van der Waals surface area (Å²) in [6, 6.07) is 0. The topological polar surface area (TPSA) is 58.6 Å². The zero-order valence-corrected chi connectivity index (χ0v) is 9.08. The number of ether oxygens (including phenoxy) is 1. The minimum atomic E-state index is -0.321. The summed E-state index contributed by atoms with van der Waals surface area (Å²) < 4.78 is 4.93. The monoisotopic (exact) mass is 203 g/mol. The van der Waals surface area contributed by atoms with E-state index in [-0.39, 0.29) is 18.6 Å². The van der Waals surface area contributed by atoms with Gasteiger partial charge in [0.15, 0.2) is 0 Å². The van der Waals surface area contributed by atoms with E-state index in [0.717, 1.165) is 12.8 Å². The van der Waals surface area contributed by atoms with Crippen LogP contribution in [-0.2, 0) is 9.53 Å². The van der Waals surface area contributed by atoms with Crippen LogP contribution in [-0.4, -0.2) is 36.9 Å². The van der Waals surface area contributed by atoms with Crippen LogP contribution in [0.4, 0.5) is 0 Å². The highest BCUT2D eigenvalue weighted by molar-refractivity contribution is 5.71. The highest BCUT2D eigenvalue weighted by Crippen LogP contribution is 1.89. The molecule has 0 aliphatic rings. The van der Waals surface area contributed by atoms with Gasteiger partial charge < -0.3 is 15.2 Å². The first-order chi connectivity index (χ1) is 6.66. The van der Waals surface area contributed by atoms with Gasteiger partial charge in [-0.05, 0) is 26.3 Å². The first kappa shape index (κ1) is 13.4. The fourth-order valence-corrected chi connectivity index (χ4v) is 0.883. The van der Waals surface area contributed by atoms with Crippen molar-refractivity contribution in [3.63, 3.8) is 0 Å². The second-order valence-corrected chi connectivity index (χ2v) is 3.39. The molecular formula is C10H21NO3. The van der Waals surface area contributed by atoms with Crippen molar-refractivity contribution in [2.75, 3.05) is 19.7 Å². The smallest absolute Gasteiger partial charge is 0.319 e. The molecule has 2 N–H and O–H groups in total. The Kier molecular flexibility index (Phi) is 8.57. The highest BCUT2D eigenvalue weighted by atomic mass is 16.5. The van der Waals surface area contributed by atoms with Gasteiger partial charge in [-0.1, -0.05) is 13.3 Å². The summed E-state index contributed by atoms with van der Waals surface area (Å²) in [5.41, 5.74) is 0. The third kappa shape index (κ3) is 9.48. The molecule has 0 fully saturated rings. The summed E-state index contributed by atoms with van der Waals surface area (Å²) in [6.45, 7) is 5.15. The molecule has 0 saturated heterocycles. The van der Waals surface area contributed by atoms with Crippen molar-refractivity contribution in [3.05, 3.63) is 0 Å². The number of aliphatic hydroxyl groups excluding tert-OH is 1. The normalized spacial score (nSPS) is 12.5. The number of esters is 1. The molecule has 1 atom stereocenters. The van der Waals surface area contributed by atoms with E-state index in [0.29, 0.717) is 19.6 Å². The van der Waals surface area contributed by atoms with E-state index in [1.165, 1.54) is 0 Å². The number of carbonyl (C=O) groups is 1. The fraction of sp³-hybridized carbons (Fsp3) is 0.900. The van der Waals surface area contributed by atoms with Gasteiger partial charge in [0, 0.05) is 0 Å². The molecule has 0 rings (SSSR count). The summed E-state index contributed by atoms with van der Waals surface area (Å²) >= 11 is 0. The van der Waals surface area contributed by atoms with Gasteiger partial charge in [0.25, 0.3) is 0 Å². The van der Waals surface area contributed by atoms with Gasteiger partial charge >= 0.3 is 5.97 Å². The third-order valence-electron chi connectivity index (χ3n) is 1.77. The minimum Gasteiger partial charge on any atom is -0.465 e. The SMILES string of the molecule is CCCCOC(=O)CNCCC(C)O. The number of aliphatic hydroxyl groups is 1. The minimum absolute atomic E-state index is 0.218. The van der Waals surface area contributed by atoms with Crippen molar-refractivity contribution >= 4 is 5.97 Å². The summed E-state index contributed by atoms with van der Waals surface area (Å²) in [6.07, 6.45) is 2.28. The Morgan fingerprint density at radius 2 is 2.29 bits per heavy atom. The molecule has 1 unspecified atom stereocenters. The van der Waals surface area contributed by atoms with Crippen LogP contribution in [0.3, 0.4) is 0 Å². The van der Waals surface area contributed by atoms with Crippen LogP contribution in [0.2, 0.25) is 0 Å². The fourth-order valence-electron chi connectivity index (χ4n) is 0.883. The molecule has 0 bridgehead atoms. The first-order valence-electron chi connectivity index (χ1n) is 5.21. The molecule has 4 nitrogen and oxygen atoms in total. The van der Waals surface area contributed by atoms with E-state index in [2.05, 4.69) is 12.2 Å². The van der Waals surface area contributed by atoms with Crippen LogP contribution in [0.1, 0.15) is 33.1 Å². The summed E-state index contributed by atoms with van der Waals surface area (Å²) in [4.78, 5) is 11.0. The van der Waals surface area contributed by atoms with Crippen LogP contribution in [0.25, 0.3) is 0 Å². The second kappa shape index (κ2) is 8.97. The highest BCUT2D eigenvalue weighted by Gasteiger charge is 2.01. The maximum atomic E-state index is 11.0. The van der Waals surface area contributed by atoms with Crippen LogP contribution in [0.5, 0.6) is 0 Å². The lowest BCUT2D eigenvalue weighted by Gasteiger charge is -2.06. The summed E-state index contributed by atoms with van der Waals surface area (Å²) in [7, 11) is 0. The van der Waals surface area contributed by atoms with Crippen molar-refractivity contribution < 1.29 is 14.6 Å². The molecule has 84 valence electrons. The van der Waals surface area contributed by atoms with Crippen LogP contribution in [0.15, 0.2) is 0 Å². The Bertz CT molecular complexity index is 148. The molecule has 4 heteroatoms. The van der Waals surface area contributed by atoms with Crippen LogP contribution >= 0.6 is 0 Å². The Morgan fingerprint density at radius 1 is 1.57 bits per heavy atom. The first-order valence-corrected chi connectivity index (χ1v) is 5.21. The van der Waals surface area contributed by atoms with Gasteiger partial charge in [-0.25, -0.2) is 0 Å². The van der Waals surface area contributed by atoms with Gasteiger partial charge in [0.1, 0.15) is 0 Å². The number of hydrogen-bond acceptors (Lipinski definition) is 4. The third-order valence-corrected chi connectivity index (χ3v) is 1.77. The average Bonchev–Trinajstić information content (AvgIpc) is 2.13. The molecule has 0 aliphatic heterocycles. The molecule has 0 aromatic carbocycles. The van der Waals surface area contributed by atoms with E-state index in [4.69, 9.17) is 9.84 Å². The Hall–Kier alpha value is -0.610. The molecule has 0 aliphatic carbocycles. The van der Waals surface area contributed by atoms with Gasteiger partial charge in [0.05, 0.1) is 19.3 Å². The number of hydrogen-bond donors (Lipinski definition) is 2. The Labute approximate surface area is 85.6 Å². The van der Waals surface area contributed by atoms with Crippen LogP contribution < -0.4 is 5.32 Å². The number of rotatable bonds is 8. The maximum absolute atomic E-state index is 11.0. The zero-order chi connectivity index (χ0) is 10.8. The van der Waals surface area contributed by atoms with Gasteiger partial charge in [-0.15, -0.1) is 0 Å². The zero-order valence-electron chi connectivity index (χ0n) is 9.08. The van der Waals surface area contributed by atoms with E-state index in [9.17, 15) is 4.79 Å². The van der Waals surface area contributed by atoms with Crippen molar-refractivity contribution in [2.45, 2.75) is 39.2 Å². The predicted octanol–water partition coefficient (Wildman–Crippen LogP) is 0.690. The van der Waals surface area contributed by atoms with Gasteiger partial charge in [0.2, 0.25) is 0 Å². The van der Waals surface area contributed by atoms with E-state index in [1.54, 1.807) is 6.92 Å². The molecule has 0 amide bonds. The Balaban J connectivity index is 3.18. The standard InChI is InChI=1S/C10H21NO3/c1-3-4-7-14-10(13)8-11-6-5-9(2)12/h9,11-12H,3-8H2,1-2H3. The molecule has 0 saturated carbocycles. The molecule has 0 radical (unpaired) electrons. The second-order valence-electron chi connectivity index (χ2n) is 3.39. The summed E-state index contributed by atoms with van der Waals surface area (Å²) in [5.74, 6) is -0.218. The molecule has 14 heavy (non-hydrogen) atoms. The largest absolute Gasteiger partial charge is 0.465 e. The van der Waals surface area contributed by atoms with Crippen molar-refractivity contribution in [1.29, 1.82) is 0 Å². The molecule has 0 aromatic rings. The quantitative estimate of drug-likeness (QED) is 0.450.